The largest absolute Gasteiger partial charge is 1.00 e. The van der Waals surface area contributed by atoms with Crippen LogP contribution in [0.15, 0.2) is 24.3 Å². The van der Waals surface area contributed by atoms with E-state index in [4.69, 9.17) is 0 Å². The molecule has 1 heteroatoms. The number of benzene rings is 1. The van der Waals surface area contributed by atoms with Crippen molar-refractivity contribution in [2.24, 2.45) is 0 Å². The van der Waals surface area contributed by atoms with Crippen LogP contribution < -0.4 is 18.9 Å². The zero-order chi connectivity index (χ0) is 5.98. The van der Waals surface area contributed by atoms with E-state index >= 15 is 0 Å². The molecule has 0 bridgehead atoms. The Balaban J connectivity index is 0. The standard InChI is InChI=1S/C8H10.CH3.Li/c1-7-4-3-5-8(2)6-7;;/h3-6H,1-2H3;1H3;/q;-1;+1. The van der Waals surface area contributed by atoms with Crippen molar-refractivity contribution >= 4 is 0 Å². The van der Waals surface area contributed by atoms with Crippen LogP contribution in [0.2, 0.25) is 0 Å². The fraction of sp³-hybridized carbons (Fsp3) is 0.222. The van der Waals surface area contributed by atoms with Gasteiger partial charge in [-0.3, -0.25) is 0 Å². The maximum Gasteiger partial charge on any atom is 1.00 e. The fourth-order valence-corrected chi connectivity index (χ4v) is 0.807. The van der Waals surface area contributed by atoms with E-state index in [2.05, 4.69) is 38.1 Å². The Labute approximate surface area is 75.8 Å². The van der Waals surface area contributed by atoms with Crippen molar-refractivity contribution in [3.63, 3.8) is 0 Å². The van der Waals surface area contributed by atoms with E-state index in [-0.39, 0.29) is 26.3 Å². The molecule has 0 radical (unpaired) electrons. The molecule has 0 spiro atoms. The van der Waals surface area contributed by atoms with Crippen molar-refractivity contribution in [2.75, 3.05) is 0 Å². The van der Waals surface area contributed by atoms with Gasteiger partial charge in [0.15, 0.2) is 0 Å². The van der Waals surface area contributed by atoms with Gasteiger partial charge in [0.1, 0.15) is 0 Å². The van der Waals surface area contributed by atoms with Crippen LogP contribution in [0.4, 0.5) is 0 Å². The van der Waals surface area contributed by atoms with Crippen LogP contribution >= 0.6 is 0 Å². The fourth-order valence-electron chi connectivity index (χ4n) is 0.807. The molecule has 1 rings (SSSR count). The minimum absolute atomic E-state index is 0. The summed E-state index contributed by atoms with van der Waals surface area (Å²) < 4.78 is 0. The van der Waals surface area contributed by atoms with E-state index in [1.54, 1.807) is 0 Å². The molecule has 0 amide bonds. The summed E-state index contributed by atoms with van der Waals surface area (Å²) in [5.74, 6) is 0. The van der Waals surface area contributed by atoms with Gasteiger partial charge < -0.3 is 7.43 Å². The number of hydrogen-bond donors (Lipinski definition) is 0. The van der Waals surface area contributed by atoms with E-state index in [1.165, 1.54) is 11.1 Å². The zero-order valence-electron chi connectivity index (χ0n) is 7.31. The quantitative estimate of drug-likeness (QED) is 0.334. The summed E-state index contributed by atoms with van der Waals surface area (Å²) in [6, 6.07) is 8.45. The molecule has 0 aliphatic rings. The van der Waals surface area contributed by atoms with E-state index in [1.807, 2.05) is 0 Å². The van der Waals surface area contributed by atoms with Crippen LogP contribution in [0, 0.1) is 21.3 Å². The molecule has 0 heterocycles. The number of aryl methyl sites for hydroxylation is 2. The van der Waals surface area contributed by atoms with Crippen LogP contribution in [-0.4, -0.2) is 0 Å². The molecule has 0 N–H and O–H groups in total. The third-order valence-electron chi connectivity index (χ3n) is 1.17. The van der Waals surface area contributed by atoms with E-state index < -0.39 is 0 Å². The van der Waals surface area contributed by atoms with Gasteiger partial charge in [-0.25, -0.2) is 0 Å². The molecule has 0 saturated heterocycles. The summed E-state index contributed by atoms with van der Waals surface area (Å²) in [6.45, 7) is 4.21. The van der Waals surface area contributed by atoms with E-state index in [0.29, 0.717) is 0 Å². The molecule has 1 aromatic rings. The third kappa shape index (κ3) is 3.77. The Bertz CT molecular complexity index is 165. The van der Waals surface area contributed by atoms with Gasteiger partial charge in [-0.2, -0.15) is 0 Å². The Morgan fingerprint density at radius 2 is 1.40 bits per heavy atom. The molecule has 0 saturated carbocycles. The second-order valence-electron chi connectivity index (χ2n) is 2.16. The second-order valence-corrected chi connectivity index (χ2v) is 2.16. The molecular weight excluding hydrogens is 115 g/mol. The SMILES string of the molecule is Cc1cccc(C)c1.[CH3-].[Li+]. The van der Waals surface area contributed by atoms with Gasteiger partial charge in [-0.05, 0) is 13.8 Å². The topological polar surface area (TPSA) is 0 Å². The van der Waals surface area contributed by atoms with E-state index in [0.717, 1.165) is 0 Å². The first-order chi connectivity index (χ1) is 3.79. The molecule has 0 aliphatic heterocycles. The average Bonchev–Trinajstić information content (AvgIpc) is 1.64. The average molecular weight is 128 g/mol. The van der Waals surface area contributed by atoms with Crippen molar-refractivity contribution in [3.8, 4) is 0 Å². The second kappa shape index (κ2) is 5.59. The van der Waals surface area contributed by atoms with Crippen molar-refractivity contribution in [1.29, 1.82) is 0 Å². The molecular formula is C9H13Li. The van der Waals surface area contributed by atoms with Gasteiger partial charge in [0, 0.05) is 0 Å². The first-order valence-corrected chi connectivity index (χ1v) is 2.82. The Hall–Kier alpha value is -0.183. The summed E-state index contributed by atoms with van der Waals surface area (Å²) in [7, 11) is 0. The van der Waals surface area contributed by atoms with Crippen molar-refractivity contribution in [2.45, 2.75) is 13.8 Å². The number of rotatable bonds is 0. The monoisotopic (exact) mass is 128 g/mol. The molecule has 0 atom stereocenters. The summed E-state index contributed by atoms with van der Waals surface area (Å²) in [5, 5.41) is 0. The van der Waals surface area contributed by atoms with Crippen LogP contribution in [0.5, 0.6) is 0 Å². The third-order valence-corrected chi connectivity index (χ3v) is 1.17. The van der Waals surface area contributed by atoms with Gasteiger partial charge in [0.25, 0.3) is 0 Å². The predicted molar refractivity (Wildman–Crippen MR) is 42.3 cm³/mol. The van der Waals surface area contributed by atoms with Gasteiger partial charge in [-0.1, -0.05) is 35.4 Å². The molecule has 0 nitrogen and oxygen atoms in total. The van der Waals surface area contributed by atoms with Crippen molar-refractivity contribution in [1.82, 2.24) is 0 Å². The minimum Gasteiger partial charge on any atom is -0.358 e. The molecule has 0 aliphatic carbocycles. The van der Waals surface area contributed by atoms with Crippen LogP contribution in [-0.2, 0) is 0 Å². The molecule has 50 valence electrons. The molecule has 0 aromatic heterocycles. The summed E-state index contributed by atoms with van der Waals surface area (Å²) >= 11 is 0. The zero-order valence-corrected chi connectivity index (χ0v) is 7.31. The molecule has 10 heavy (non-hydrogen) atoms. The normalized spacial score (nSPS) is 7.40. The molecule has 0 fully saturated rings. The maximum absolute atomic E-state index is 2.17. The Kier molecular flexibility index (Phi) is 6.98. The van der Waals surface area contributed by atoms with Gasteiger partial charge in [0.2, 0.25) is 0 Å². The van der Waals surface area contributed by atoms with Gasteiger partial charge in [0.05, 0.1) is 0 Å². The van der Waals surface area contributed by atoms with Crippen LogP contribution in [0.25, 0.3) is 0 Å². The van der Waals surface area contributed by atoms with Crippen LogP contribution in [0.3, 0.4) is 0 Å². The summed E-state index contributed by atoms with van der Waals surface area (Å²) in [6.07, 6.45) is 0. The predicted octanol–water partition coefficient (Wildman–Crippen LogP) is -0.242. The molecule has 0 unspecified atom stereocenters. The van der Waals surface area contributed by atoms with Gasteiger partial charge in [-0.15, -0.1) is 0 Å². The maximum atomic E-state index is 2.17. The first-order valence-electron chi connectivity index (χ1n) is 2.82. The Morgan fingerprint density at radius 1 is 1.00 bits per heavy atom. The smallest absolute Gasteiger partial charge is 0.358 e. The molecule has 1 aromatic carbocycles. The Morgan fingerprint density at radius 3 is 1.60 bits per heavy atom. The summed E-state index contributed by atoms with van der Waals surface area (Å²) in [4.78, 5) is 0. The van der Waals surface area contributed by atoms with Crippen molar-refractivity contribution < 1.29 is 18.9 Å². The summed E-state index contributed by atoms with van der Waals surface area (Å²) in [5.41, 5.74) is 2.68. The van der Waals surface area contributed by atoms with Gasteiger partial charge >= 0.3 is 18.9 Å². The first kappa shape index (κ1) is 12.5. The van der Waals surface area contributed by atoms with Crippen molar-refractivity contribution in [3.05, 3.63) is 42.8 Å². The number of hydrogen-bond acceptors (Lipinski definition) is 0. The van der Waals surface area contributed by atoms with E-state index in [9.17, 15) is 0 Å². The minimum atomic E-state index is 0. The van der Waals surface area contributed by atoms with Crippen LogP contribution in [0.1, 0.15) is 11.1 Å².